The molecule has 0 aliphatic carbocycles. The predicted octanol–water partition coefficient (Wildman–Crippen LogP) is 3.69. The summed E-state index contributed by atoms with van der Waals surface area (Å²) in [6, 6.07) is 0. The van der Waals surface area contributed by atoms with Crippen molar-refractivity contribution in [2.45, 2.75) is 13.3 Å². The lowest BCUT2D eigenvalue weighted by atomic mass is 10.2. The van der Waals surface area contributed by atoms with E-state index in [0.717, 1.165) is 0 Å². The molecule has 2 heterocycles. The first-order chi connectivity index (χ1) is 7.54. The number of aryl methyl sites for hydroxylation is 1. The molecule has 2 aromatic rings. The Bertz CT molecular complexity index is 574. The van der Waals surface area contributed by atoms with Gasteiger partial charge in [0.1, 0.15) is 10.7 Å². The molecule has 2 rings (SSSR count). The lowest BCUT2D eigenvalue weighted by molar-refractivity contribution is 0.629. The zero-order valence-corrected chi connectivity index (χ0v) is 10.3. The number of pyridine rings is 1. The highest BCUT2D eigenvalue weighted by Gasteiger charge is 2.17. The molecule has 0 fully saturated rings. The first-order valence-electron chi connectivity index (χ1n) is 4.41. The molecule has 0 atom stereocenters. The molecule has 2 aromatic heterocycles. The van der Waals surface area contributed by atoms with Crippen LogP contribution in [0.5, 0.6) is 0 Å². The van der Waals surface area contributed by atoms with E-state index in [-0.39, 0.29) is 21.1 Å². The molecule has 0 aromatic carbocycles. The molecule has 0 aliphatic heterocycles. The molecular weight excluding hydrogens is 275 g/mol. The van der Waals surface area contributed by atoms with Crippen molar-refractivity contribution >= 4 is 45.7 Å². The number of hydrogen-bond donors (Lipinski definition) is 0. The summed E-state index contributed by atoms with van der Waals surface area (Å²) < 4.78 is 13.7. The zero-order valence-electron chi connectivity index (χ0n) is 8.06. The Morgan fingerprint density at radius 1 is 1.06 bits per heavy atom. The highest BCUT2D eigenvalue weighted by molar-refractivity contribution is 6.36. The largest absolute Gasteiger partial charge is 0.237 e. The molecule has 0 N–H and O–H groups in total. The van der Waals surface area contributed by atoms with Gasteiger partial charge in [0, 0.05) is 0 Å². The van der Waals surface area contributed by atoms with Crippen molar-refractivity contribution in [1.82, 2.24) is 15.0 Å². The van der Waals surface area contributed by atoms with Crippen LogP contribution in [0.1, 0.15) is 12.6 Å². The van der Waals surface area contributed by atoms with Gasteiger partial charge in [-0.15, -0.1) is 0 Å². The summed E-state index contributed by atoms with van der Waals surface area (Å²) >= 11 is 17.1. The summed E-state index contributed by atoms with van der Waals surface area (Å²) in [6.45, 7) is 1.85. The predicted molar refractivity (Wildman–Crippen MR) is 61.7 cm³/mol. The van der Waals surface area contributed by atoms with Gasteiger partial charge in [-0.05, 0) is 18.0 Å². The number of fused-ring (bicyclic) bond motifs is 1. The minimum atomic E-state index is -0.736. The Kier molecular flexibility index (Phi) is 3.15. The van der Waals surface area contributed by atoms with Crippen LogP contribution in [0.25, 0.3) is 10.9 Å². The number of nitrogens with zero attached hydrogens (tertiary/aromatic N) is 3. The Morgan fingerprint density at radius 3 is 2.38 bits per heavy atom. The summed E-state index contributed by atoms with van der Waals surface area (Å²) in [4.78, 5) is 11.4. The smallest absolute Gasteiger partial charge is 0.224 e. The van der Waals surface area contributed by atoms with Crippen molar-refractivity contribution in [3.8, 4) is 0 Å². The zero-order chi connectivity index (χ0) is 11.9. The maximum absolute atomic E-state index is 13.7. The molecule has 0 aliphatic rings. The highest BCUT2D eigenvalue weighted by atomic mass is 35.5. The Balaban J connectivity index is 2.98. The van der Waals surface area contributed by atoms with Crippen molar-refractivity contribution in [3.05, 3.63) is 27.1 Å². The van der Waals surface area contributed by atoms with Crippen LogP contribution in [0.3, 0.4) is 0 Å². The number of rotatable bonds is 1. The first kappa shape index (κ1) is 11.8. The molecule has 16 heavy (non-hydrogen) atoms. The lowest BCUT2D eigenvalue weighted by Gasteiger charge is -2.07. The topological polar surface area (TPSA) is 38.7 Å². The third-order valence-electron chi connectivity index (χ3n) is 2.08. The molecule has 0 radical (unpaired) electrons. The summed E-state index contributed by atoms with van der Waals surface area (Å²) in [5.41, 5.74) is 0.546. The van der Waals surface area contributed by atoms with Gasteiger partial charge in [0.2, 0.25) is 5.28 Å². The number of hydrogen-bond acceptors (Lipinski definition) is 3. The molecule has 0 bridgehead atoms. The second-order valence-corrected chi connectivity index (χ2v) is 4.08. The Morgan fingerprint density at radius 2 is 1.75 bits per heavy atom. The molecule has 0 amide bonds. The molecule has 7 heteroatoms. The molecule has 0 spiro atoms. The van der Waals surface area contributed by atoms with Crippen LogP contribution in [0, 0.1) is 5.82 Å². The van der Waals surface area contributed by atoms with Gasteiger partial charge in [-0.3, -0.25) is 0 Å². The van der Waals surface area contributed by atoms with Crippen molar-refractivity contribution in [2.75, 3.05) is 0 Å². The minimum Gasteiger partial charge on any atom is -0.237 e. The van der Waals surface area contributed by atoms with Gasteiger partial charge in [0.15, 0.2) is 11.0 Å². The van der Waals surface area contributed by atoms with Crippen molar-refractivity contribution in [2.24, 2.45) is 0 Å². The lowest BCUT2D eigenvalue weighted by Crippen LogP contribution is -1.99. The number of halogens is 4. The Hall–Kier alpha value is -0.710. The Labute approximate surface area is 106 Å². The summed E-state index contributed by atoms with van der Waals surface area (Å²) in [6.07, 6.45) is 0.543. The molecule has 0 saturated carbocycles. The van der Waals surface area contributed by atoms with E-state index < -0.39 is 5.82 Å². The second-order valence-electron chi connectivity index (χ2n) is 3.02. The average Bonchev–Trinajstić information content (AvgIpc) is 2.23. The van der Waals surface area contributed by atoms with Gasteiger partial charge in [-0.25, -0.2) is 19.3 Å². The van der Waals surface area contributed by atoms with E-state index in [9.17, 15) is 4.39 Å². The van der Waals surface area contributed by atoms with E-state index in [0.29, 0.717) is 17.5 Å². The first-order valence-corrected chi connectivity index (χ1v) is 5.54. The normalized spacial score (nSPS) is 11.1. The summed E-state index contributed by atoms with van der Waals surface area (Å²) in [5.74, 6) is -0.736. The van der Waals surface area contributed by atoms with Gasteiger partial charge in [0.25, 0.3) is 0 Å². The standard InChI is InChI=1S/C9H5Cl3FN3/c1-2-3-4-6(5(13)8(11)14-3)15-9(12)16-7(4)10/h2H2,1H3. The van der Waals surface area contributed by atoms with Crippen molar-refractivity contribution in [1.29, 1.82) is 0 Å². The molecule has 3 nitrogen and oxygen atoms in total. The second kappa shape index (κ2) is 4.28. The third-order valence-corrected chi connectivity index (χ3v) is 2.78. The van der Waals surface area contributed by atoms with Crippen LogP contribution < -0.4 is 0 Å². The van der Waals surface area contributed by atoms with Crippen molar-refractivity contribution in [3.63, 3.8) is 0 Å². The van der Waals surface area contributed by atoms with Crippen LogP contribution in [0.2, 0.25) is 15.6 Å². The monoisotopic (exact) mass is 279 g/mol. The third kappa shape index (κ3) is 1.81. The SMILES string of the molecule is CCc1nc(Cl)c(F)c2nc(Cl)nc(Cl)c12. The van der Waals surface area contributed by atoms with Gasteiger partial charge in [-0.1, -0.05) is 30.1 Å². The number of aromatic nitrogens is 3. The summed E-state index contributed by atoms with van der Waals surface area (Å²) in [5, 5.41) is 0.0706. The summed E-state index contributed by atoms with van der Waals surface area (Å²) in [7, 11) is 0. The van der Waals surface area contributed by atoms with E-state index >= 15 is 0 Å². The van der Waals surface area contributed by atoms with Gasteiger partial charge >= 0.3 is 0 Å². The maximum Gasteiger partial charge on any atom is 0.224 e. The van der Waals surface area contributed by atoms with Gasteiger partial charge < -0.3 is 0 Å². The minimum absolute atomic E-state index is 0.00171. The van der Waals surface area contributed by atoms with Gasteiger partial charge in [-0.2, -0.15) is 0 Å². The van der Waals surface area contributed by atoms with Crippen LogP contribution in [-0.4, -0.2) is 15.0 Å². The fourth-order valence-electron chi connectivity index (χ4n) is 1.40. The molecule has 0 unspecified atom stereocenters. The van der Waals surface area contributed by atoms with Gasteiger partial charge in [0.05, 0.1) is 11.1 Å². The van der Waals surface area contributed by atoms with E-state index in [4.69, 9.17) is 34.8 Å². The maximum atomic E-state index is 13.7. The molecular formula is C9H5Cl3FN3. The van der Waals surface area contributed by atoms with E-state index in [1.54, 1.807) is 0 Å². The average molecular weight is 281 g/mol. The van der Waals surface area contributed by atoms with Crippen LogP contribution in [-0.2, 0) is 6.42 Å². The van der Waals surface area contributed by atoms with Crippen LogP contribution in [0.15, 0.2) is 0 Å². The van der Waals surface area contributed by atoms with Crippen molar-refractivity contribution < 1.29 is 4.39 Å². The van der Waals surface area contributed by atoms with Crippen LogP contribution in [0.4, 0.5) is 4.39 Å². The fraction of sp³-hybridized carbons (Fsp3) is 0.222. The highest BCUT2D eigenvalue weighted by Crippen LogP contribution is 2.29. The van der Waals surface area contributed by atoms with E-state index in [1.165, 1.54) is 0 Å². The van der Waals surface area contributed by atoms with E-state index in [2.05, 4.69) is 15.0 Å². The van der Waals surface area contributed by atoms with Crippen LogP contribution >= 0.6 is 34.8 Å². The fourth-order valence-corrected chi connectivity index (χ4v) is 2.08. The van der Waals surface area contributed by atoms with E-state index in [1.807, 2.05) is 6.92 Å². The quantitative estimate of drug-likeness (QED) is 0.454. The molecule has 84 valence electrons. The molecule has 0 saturated heterocycles.